The minimum atomic E-state index is 0.363. The molecule has 0 aliphatic carbocycles. The zero-order valence-electron chi connectivity index (χ0n) is 8.27. The van der Waals surface area contributed by atoms with Crippen molar-refractivity contribution in [3.63, 3.8) is 0 Å². The van der Waals surface area contributed by atoms with Gasteiger partial charge in [0, 0.05) is 4.88 Å². The van der Waals surface area contributed by atoms with Crippen LogP contribution in [-0.4, -0.2) is 0 Å². The van der Waals surface area contributed by atoms with Crippen LogP contribution < -0.4 is 5.73 Å². The highest BCUT2D eigenvalue weighted by Gasteiger charge is 2.14. The van der Waals surface area contributed by atoms with Gasteiger partial charge >= 0.3 is 0 Å². The summed E-state index contributed by atoms with van der Waals surface area (Å²) in [7, 11) is 0. The molecule has 0 spiro atoms. The lowest BCUT2D eigenvalue weighted by Crippen LogP contribution is -2.08. The van der Waals surface area contributed by atoms with E-state index in [4.69, 9.17) is 5.73 Å². The molecule has 0 atom stereocenters. The van der Waals surface area contributed by atoms with Gasteiger partial charge in [0.25, 0.3) is 0 Å². The van der Waals surface area contributed by atoms with Gasteiger partial charge in [0.15, 0.2) is 0 Å². The van der Waals surface area contributed by atoms with Gasteiger partial charge in [0.1, 0.15) is 0 Å². The van der Waals surface area contributed by atoms with Crippen molar-refractivity contribution in [2.24, 2.45) is 5.41 Å². The summed E-state index contributed by atoms with van der Waals surface area (Å²) >= 11 is 1.72. The molecular formula is C10H17NS. The van der Waals surface area contributed by atoms with Crippen LogP contribution in [0.5, 0.6) is 0 Å². The van der Waals surface area contributed by atoms with Crippen LogP contribution in [0.4, 0.5) is 5.00 Å². The van der Waals surface area contributed by atoms with Gasteiger partial charge in [-0.15, -0.1) is 11.3 Å². The van der Waals surface area contributed by atoms with E-state index in [1.165, 1.54) is 10.4 Å². The van der Waals surface area contributed by atoms with Crippen molar-refractivity contribution in [3.05, 3.63) is 16.5 Å². The zero-order valence-corrected chi connectivity index (χ0v) is 9.09. The van der Waals surface area contributed by atoms with E-state index >= 15 is 0 Å². The summed E-state index contributed by atoms with van der Waals surface area (Å²) in [6.07, 6.45) is 1.13. The molecule has 0 aliphatic rings. The Bertz CT molecular complexity index is 268. The lowest BCUT2D eigenvalue weighted by atomic mass is 9.91. The maximum absolute atomic E-state index is 5.72. The molecule has 0 bridgehead atoms. The van der Waals surface area contributed by atoms with Gasteiger partial charge in [0.05, 0.1) is 5.00 Å². The topological polar surface area (TPSA) is 26.0 Å². The second kappa shape index (κ2) is 3.09. The number of hydrogen-bond acceptors (Lipinski definition) is 2. The van der Waals surface area contributed by atoms with Gasteiger partial charge in [-0.1, -0.05) is 20.8 Å². The van der Waals surface area contributed by atoms with E-state index in [-0.39, 0.29) is 0 Å². The molecule has 1 aromatic heterocycles. The van der Waals surface area contributed by atoms with Crippen LogP contribution in [-0.2, 0) is 6.42 Å². The number of rotatable bonds is 1. The van der Waals surface area contributed by atoms with Gasteiger partial charge in [0.2, 0.25) is 0 Å². The second-order valence-electron chi connectivity index (χ2n) is 4.49. The van der Waals surface area contributed by atoms with Crippen molar-refractivity contribution < 1.29 is 0 Å². The fraction of sp³-hybridized carbons (Fsp3) is 0.600. The fourth-order valence-electron chi connectivity index (χ4n) is 1.20. The van der Waals surface area contributed by atoms with Crippen molar-refractivity contribution in [1.82, 2.24) is 0 Å². The first-order valence-electron chi connectivity index (χ1n) is 4.23. The third-order valence-corrected chi connectivity index (χ3v) is 2.80. The van der Waals surface area contributed by atoms with Crippen LogP contribution in [0.3, 0.4) is 0 Å². The van der Waals surface area contributed by atoms with Gasteiger partial charge in [-0.05, 0) is 30.4 Å². The first kappa shape index (κ1) is 9.59. The van der Waals surface area contributed by atoms with E-state index in [0.29, 0.717) is 5.41 Å². The lowest BCUT2D eigenvalue weighted by molar-refractivity contribution is 0.414. The van der Waals surface area contributed by atoms with E-state index in [2.05, 4.69) is 33.8 Å². The maximum Gasteiger partial charge on any atom is 0.0861 e. The third-order valence-electron chi connectivity index (χ3n) is 1.73. The standard InChI is InChI=1S/C10H17NS/c1-7-5-9(11)12-8(7)6-10(2,3)4/h5H,6,11H2,1-4H3. The Morgan fingerprint density at radius 3 is 2.33 bits per heavy atom. The first-order valence-corrected chi connectivity index (χ1v) is 5.05. The van der Waals surface area contributed by atoms with E-state index < -0.39 is 0 Å². The lowest BCUT2D eigenvalue weighted by Gasteiger charge is -2.17. The highest BCUT2D eigenvalue weighted by Crippen LogP contribution is 2.30. The van der Waals surface area contributed by atoms with Crippen molar-refractivity contribution in [2.75, 3.05) is 5.73 Å². The van der Waals surface area contributed by atoms with E-state index in [9.17, 15) is 0 Å². The number of nitrogens with two attached hydrogens (primary N) is 1. The molecular weight excluding hydrogens is 166 g/mol. The summed E-state index contributed by atoms with van der Waals surface area (Å²) in [5.41, 5.74) is 7.42. The van der Waals surface area contributed by atoms with Crippen LogP contribution in [0.1, 0.15) is 31.2 Å². The summed E-state index contributed by atoms with van der Waals surface area (Å²) < 4.78 is 0. The highest BCUT2D eigenvalue weighted by molar-refractivity contribution is 7.16. The van der Waals surface area contributed by atoms with E-state index in [0.717, 1.165) is 11.4 Å². The van der Waals surface area contributed by atoms with Crippen molar-refractivity contribution in [3.8, 4) is 0 Å². The molecule has 0 aliphatic heterocycles. The number of anilines is 1. The molecule has 0 aromatic carbocycles. The molecule has 0 saturated carbocycles. The Balaban J connectivity index is 2.82. The highest BCUT2D eigenvalue weighted by atomic mass is 32.1. The Morgan fingerprint density at radius 2 is 2.00 bits per heavy atom. The average Bonchev–Trinajstić information content (AvgIpc) is 2.06. The second-order valence-corrected chi connectivity index (χ2v) is 5.66. The largest absolute Gasteiger partial charge is 0.391 e. The van der Waals surface area contributed by atoms with Crippen molar-refractivity contribution in [2.45, 2.75) is 34.1 Å². The van der Waals surface area contributed by atoms with E-state index in [1.54, 1.807) is 11.3 Å². The SMILES string of the molecule is Cc1cc(N)sc1CC(C)(C)C. The number of nitrogen functional groups attached to an aromatic ring is 1. The molecule has 0 saturated heterocycles. The van der Waals surface area contributed by atoms with Crippen molar-refractivity contribution in [1.29, 1.82) is 0 Å². The Kier molecular flexibility index (Phi) is 2.47. The number of thiophene rings is 1. The Labute approximate surface area is 78.6 Å². The zero-order chi connectivity index (χ0) is 9.35. The molecule has 1 nitrogen and oxygen atoms in total. The van der Waals surface area contributed by atoms with Crippen LogP contribution in [0.15, 0.2) is 6.07 Å². The van der Waals surface area contributed by atoms with Gasteiger partial charge in [-0.3, -0.25) is 0 Å². The summed E-state index contributed by atoms with van der Waals surface area (Å²) in [5.74, 6) is 0. The summed E-state index contributed by atoms with van der Waals surface area (Å²) in [6.45, 7) is 8.89. The molecule has 12 heavy (non-hydrogen) atoms. The minimum absolute atomic E-state index is 0.363. The Morgan fingerprint density at radius 1 is 1.42 bits per heavy atom. The molecule has 0 unspecified atom stereocenters. The third kappa shape index (κ3) is 2.52. The maximum atomic E-state index is 5.72. The molecule has 1 rings (SSSR count). The first-order chi connectivity index (χ1) is 5.38. The molecule has 0 amide bonds. The molecule has 2 heteroatoms. The van der Waals surface area contributed by atoms with Gasteiger partial charge in [-0.25, -0.2) is 0 Å². The Hall–Kier alpha value is -0.500. The fourth-order valence-corrected chi connectivity index (χ4v) is 2.45. The van der Waals surface area contributed by atoms with Crippen LogP contribution in [0, 0.1) is 12.3 Å². The molecule has 0 radical (unpaired) electrons. The predicted molar refractivity (Wildman–Crippen MR) is 56.6 cm³/mol. The number of aryl methyl sites for hydroxylation is 1. The minimum Gasteiger partial charge on any atom is -0.391 e. The van der Waals surface area contributed by atoms with Crippen LogP contribution in [0.25, 0.3) is 0 Å². The molecule has 1 aromatic rings. The van der Waals surface area contributed by atoms with Gasteiger partial charge < -0.3 is 5.73 Å². The quantitative estimate of drug-likeness (QED) is 0.710. The van der Waals surface area contributed by atoms with E-state index in [1.807, 2.05) is 0 Å². The average molecular weight is 183 g/mol. The molecule has 68 valence electrons. The number of hydrogen-bond donors (Lipinski definition) is 1. The normalized spacial score (nSPS) is 12.0. The molecule has 0 fully saturated rings. The monoisotopic (exact) mass is 183 g/mol. The van der Waals surface area contributed by atoms with Gasteiger partial charge in [-0.2, -0.15) is 0 Å². The smallest absolute Gasteiger partial charge is 0.0861 e. The predicted octanol–water partition coefficient (Wildman–Crippen LogP) is 3.23. The van der Waals surface area contributed by atoms with Crippen LogP contribution >= 0.6 is 11.3 Å². The molecule has 2 N–H and O–H groups in total. The summed E-state index contributed by atoms with van der Waals surface area (Å²) in [4.78, 5) is 1.43. The molecule has 1 heterocycles. The summed E-state index contributed by atoms with van der Waals surface area (Å²) in [5, 5.41) is 0.937. The van der Waals surface area contributed by atoms with Crippen molar-refractivity contribution >= 4 is 16.3 Å². The van der Waals surface area contributed by atoms with Crippen LogP contribution in [0.2, 0.25) is 0 Å². The summed E-state index contributed by atoms with van der Waals surface area (Å²) in [6, 6.07) is 2.06.